The highest BCUT2D eigenvalue weighted by Gasteiger charge is 2.10. The zero-order chi connectivity index (χ0) is 12.8. The minimum Gasteiger partial charge on any atom is -0.399 e. The molecular formula is C13H18ClN3. The van der Waals surface area contributed by atoms with Gasteiger partial charge in [0.1, 0.15) is 0 Å². The number of nitriles is 1. The molecule has 17 heavy (non-hydrogen) atoms. The molecule has 0 bridgehead atoms. The van der Waals surface area contributed by atoms with Crippen molar-refractivity contribution in [3.05, 3.63) is 28.8 Å². The molecule has 0 aliphatic carbocycles. The van der Waals surface area contributed by atoms with Gasteiger partial charge in [-0.25, -0.2) is 0 Å². The van der Waals surface area contributed by atoms with Gasteiger partial charge in [-0.1, -0.05) is 24.6 Å². The third-order valence-electron chi connectivity index (χ3n) is 2.67. The number of nitrogen functional groups attached to an aromatic ring is 1. The number of anilines is 1. The first kappa shape index (κ1) is 13.8. The Kier molecular flexibility index (Phi) is 5.27. The number of nitrogens with two attached hydrogens (primary N) is 1. The van der Waals surface area contributed by atoms with Crippen molar-refractivity contribution in [2.24, 2.45) is 5.92 Å². The Morgan fingerprint density at radius 2 is 2.24 bits per heavy atom. The molecule has 1 atom stereocenters. The lowest BCUT2D eigenvalue weighted by atomic mass is 10.1. The zero-order valence-corrected chi connectivity index (χ0v) is 11.0. The second kappa shape index (κ2) is 6.48. The topological polar surface area (TPSA) is 53.0 Å². The molecule has 0 saturated heterocycles. The Morgan fingerprint density at radius 1 is 1.53 bits per heavy atom. The molecule has 0 aromatic heterocycles. The SMILES string of the molecule is CCN(Cc1ccc(N)cc1Cl)CC(C)C#N. The second-order valence-electron chi connectivity index (χ2n) is 4.21. The lowest BCUT2D eigenvalue weighted by molar-refractivity contribution is 0.260. The Morgan fingerprint density at radius 3 is 2.76 bits per heavy atom. The zero-order valence-electron chi connectivity index (χ0n) is 10.3. The van der Waals surface area contributed by atoms with Gasteiger partial charge in [-0.05, 0) is 31.2 Å². The van der Waals surface area contributed by atoms with E-state index in [1.807, 2.05) is 19.1 Å². The van der Waals surface area contributed by atoms with Gasteiger partial charge in [-0.3, -0.25) is 4.90 Å². The van der Waals surface area contributed by atoms with Crippen LogP contribution in [0.5, 0.6) is 0 Å². The Labute approximate surface area is 108 Å². The lowest BCUT2D eigenvalue weighted by Crippen LogP contribution is -2.27. The van der Waals surface area contributed by atoms with E-state index < -0.39 is 0 Å². The molecule has 1 aromatic rings. The molecule has 2 N–H and O–H groups in total. The Balaban J connectivity index is 2.71. The number of nitrogens with zero attached hydrogens (tertiary/aromatic N) is 2. The summed E-state index contributed by atoms with van der Waals surface area (Å²) in [7, 11) is 0. The molecule has 0 aliphatic rings. The number of hydrogen-bond donors (Lipinski definition) is 1. The van der Waals surface area contributed by atoms with E-state index in [0.29, 0.717) is 10.7 Å². The van der Waals surface area contributed by atoms with Gasteiger partial charge in [0.05, 0.1) is 12.0 Å². The van der Waals surface area contributed by atoms with Crippen LogP contribution in [0.1, 0.15) is 19.4 Å². The largest absolute Gasteiger partial charge is 0.399 e. The fourth-order valence-electron chi connectivity index (χ4n) is 1.67. The van der Waals surface area contributed by atoms with Gasteiger partial charge in [0.25, 0.3) is 0 Å². The summed E-state index contributed by atoms with van der Waals surface area (Å²) in [6.45, 7) is 6.41. The minimum absolute atomic E-state index is 0.0301. The highest BCUT2D eigenvalue weighted by Crippen LogP contribution is 2.21. The number of rotatable bonds is 5. The highest BCUT2D eigenvalue weighted by molar-refractivity contribution is 6.31. The molecule has 0 aliphatic heterocycles. The predicted octanol–water partition coefficient (Wildman–Crippen LogP) is 2.90. The minimum atomic E-state index is 0.0301. The average Bonchev–Trinajstić information content (AvgIpc) is 2.31. The van der Waals surface area contributed by atoms with Gasteiger partial charge >= 0.3 is 0 Å². The maximum absolute atomic E-state index is 8.82. The fraction of sp³-hybridized carbons (Fsp3) is 0.462. The van der Waals surface area contributed by atoms with Crippen LogP contribution in [0.3, 0.4) is 0 Å². The van der Waals surface area contributed by atoms with E-state index in [1.54, 1.807) is 6.07 Å². The first-order valence-electron chi connectivity index (χ1n) is 5.72. The third kappa shape index (κ3) is 4.26. The maximum Gasteiger partial charge on any atom is 0.0666 e. The fourth-order valence-corrected chi connectivity index (χ4v) is 1.92. The molecule has 1 aromatic carbocycles. The molecule has 0 radical (unpaired) electrons. The van der Waals surface area contributed by atoms with Crippen molar-refractivity contribution in [1.29, 1.82) is 5.26 Å². The van der Waals surface area contributed by atoms with Crippen molar-refractivity contribution in [1.82, 2.24) is 4.90 Å². The van der Waals surface area contributed by atoms with Gasteiger partial charge in [0.2, 0.25) is 0 Å². The van der Waals surface area contributed by atoms with Crippen LogP contribution in [-0.4, -0.2) is 18.0 Å². The van der Waals surface area contributed by atoms with Crippen LogP contribution < -0.4 is 5.73 Å². The van der Waals surface area contributed by atoms with Crippen molar-refractivity contribution < 1.29 is 0 Å². The third-order valence-corrected chi connectivity index (χ3v) is 3.02. The van der Waals surface area contributed by atoms with Gasteiger partial charge in [0.15, 0.2) is 0 Å². The quantitative estimate of drug-likeness (QED) is 0.819. The van der Waals surface area contributed by atoms with Gasteiger partial charge in [-0.15, -0.1) is 0 Å². The summed E-state index contributed by atoms with van der Waals surface area (Å²) in [6.07, 6.45) is 0. The van der Waals surface area contributed by atoms with Gasteiger partial charge < -0.3 is 5.73 Å². The van der Waals surface area contributed by atoms with E-state index in [0.717, 1.165) is 25.2 Å². The monoisotopic (exact) mass is 251 g/mol. The van der Waals surface area contributed by atoms with Crippen LogP contribution in [0.2, 0.25) is 5.02 Å². The predicted molar refractivity (Wildman–Crippen MR) is 71.6 cm³/mol. The van der Waals surface area contributed by atoms with Crippen molar-refractivity contribution in [3.63, 3.8) is 0 Å². The maximum atomic E-state index is 8.82. The van der Waals surface area contributed by atoms with Crippen LogP contribution in [0.4, 0.5) is 5.69 Å². The van der Waals surface area contributed by atoms with Crippen LogP contribution in [0.15, 0.2) is 18.2 Å². The van der Waals surface area contributed by atoms with E-state index in [2.05, 4.69) is 17.9 Å². The Hall–Kier alpha value is -1.24. The van der Waals surface area contributed by atoms with Crippen molar-refractivity contribution in [2.75, 3.05) is 18.8 Å². The number of hydrogen-bond acceptors (Lipinski definition) is 3. The summed E-state index contributed by atoms with van der Waals surface area (Å²) in [5, 5.41) is 9.51. The van der Waals surface area contributed by atoms with Crippen LogP contribution in [-0.2, 0) is 6.54 Å². The molecule has 0 heterocycles. The molecular weight excluding hydrogens is 234 g/mol. The summed E-state index contributed by atoms with van der Waals surface area (Å²) in [6, 6.07) is 7.80. The standard InChI is InChI=1S/C13H18ClN3/c1-3-17(8-10(2)7-15)9-11-4-5-12(16)6-13(11)14/h4-6,10H,3,8-9,16H2,1-2H3. The summed E-state index contributed by atoms with van der Waals surface area (Å²) in [5.74, 6) is 0.0301. The molecule has 4 heteroatoms. The molecule has 0 spiro atoms. The van der Waals surface area contributed by atoms with E-state index in [-0.39, 0.29) is 5.92 Å². The summed E-state index contributed by atoms with van der Waals surface area (Å²) in [4.78, 5) is 2.20. The van der Waals surface area contributed by atoms with E-state index in [9.17, 15) is 0 Å². The van der Waals surface area contributed by atoms with Crippen molar-refractivity contribution in [3.8, 4) is 6.07 Å². The summed E-state index contributed by atoms with van der Waals surface area (Å²) < 4.78 is 0. The van der Waals surface area contributed by atoms with Gasteiger partial charge in [0, 0.05) is 23.8 Å². The lowest BCUT2D eigenvalue weighted by Gasteiger charge is -2.22. The summed E-state index contributed by atoms with van der Waals surface area (Å²) in [5.41, 5.74) is 7.37. The first-order chi connectivity index (χ1) is 8.06. The molecule has 1 rings (SSSR count). The average molecular weight is 252 g/mol. The van der Waals surface area contributed by atoms with E-state index in [4.69, 9.17) is 22.6 Å². The van der Waals surface area contributed by atoms with Crippen LogP contribution >= 0.6 is 11.6 Å². The van der Waals surface area contributed by atoms with Gasteiger partial charge in [-0.2, -0.15) is 5.26 Å². The van der Waals surface area contributed by atoms with Crippen LogP contribution in [0.25, 0.3) is 0 Å². The molecule has 0 saturated carbocycles. The second-order valence-corrected chi connectivity index (χ2v) is 4.62. The number of benzene rings is 1. The molecule has 0 amide bonds. The van der Waals surface area contributed by atoms with E-state index in [1.165, 1.54) is 0 Å². The summed E-state index contributed by atoms with van der Waals surface area (Å²) >= 11 is 6.13. The number of halogens is 1. The van der Waals surface area contributed by atoms with Crippen molar-refractivity contribution >= 4 is 17.3 Å². The molecule has 1 unspecified atom stereocenters. The molecule has 92 valence electrons. The van der Waals surface area contributed by atoms with E-state index >= 15 is 0 Å². The normalized spacial score (nSPS) is 12.4. The first-order valence-corrected chi connectivity index (χ1v) is 6.10. The molecule has 3 nitrogen and oxygen atoms in total. The highest BCUT2D eigenvalue weighted by atomic mass is 35.5. The van der Waals surface area contributed by atoms with Crippen molar-refractivity contribution in [2.45, 2.75) is 20.4 Å². The van der Waals surface area contributed by atoms with Crippen LogP contribution in [0, 0.1) is 17.2 Å². The Bertz CT molecular complexity index is 412. The molecule has 0 fully saturated rings. The smallest absolute Gasteiger partial charge is 0.0666 e.